The van der Waals surface area contributed by atoms with Crippen LogP contribution in [-0.2, 0) is 12.8 Å². The molecule has 1 aromatic carbocycles. The highest BCUT2D eigenvalue weighted by molar-refractivity contribution is 5.31. The summed E-state index contributed by atoms with van der Waals surface area (Å²) in [5.41, 5.74) is 2.57. The van der Waals surface area contributed by atoms with Crippen LogP contribution in [0.5, 0.6) is 0 Å². The minimum Gasteiger partial charge on any atom is -0.314 e. The quantitative estimate of drug-likeness (QED) is 0.794. The number of piperazine rings is 1. The molecule has 0 spiro atoms. The van der Waals surface area contributed by atoms with E-state index in [1.165, 1.54) is 17.5 Å². The summed E-state index contributed by atoms with van der Waals surface area (Å²) in [6, 6.07) is 5.94. The van der Waals surface area contributed by atoms with Crippen LogP contribution in [0.2, 0.25) is 0 Å². The molecular formula is C14H19FN2. The molecule has 0 radical (unpaired) electrons. The smallest absolute Gasteiger partial charge is 0.123 e. The number of nitrogens with one attached hydrogen (secondary N) is 1. The lowest BCUT2D eigenvalue weighted by molar-refractivity contribution is 0.159. The molecule has 2 aliphatic rings. The van der Waals surface area contributed by atoms with E-state index in [2.05, 4.69) is 10.2 Å². The molecule has 1 aromatic rings. The Morgan fingerprint density at radius 2 is 2.00 bits per heavy atom. The molecule has 0 saturated carbocycles. The molecule has 2 nitrogen and oxygen atoms in total. The van der Waals surface area contributed by atoms with Crippen LogP contribution in [0.1, 0.15) is 17.5 Å². The van der Waals surface area contributed by atoms with Gasteiger partial charge in [0.25, 0.3) is 0 Å². The predicted octanol–water partition coefficient (Wildman–Crippen LogP) is 1.59. The van der Waals surface area contributed by atoms with Gasteiger partial charge in [-0.2, -0.15) is 0 Å². The van der Waals surface area contributed by atoms with Crippen molar-refractivity contribution in [1.29, 1.82) is 0 Å². The number of hydrogen-bond acceptors (Lipinski definition) is 2. The largest absolute Gasteiger partial charge is 0.314 e. The molecule has 1 N–H and O–H groups in total. The molecule has 17 heavy (non-hydrogen) atoms. The fourth-order valence-corrected chi connectivity index (χ4v) is 3.06. The Balaban J connectivity index is 1.73. The molecule has 0 aromatic heterocycles. The minimum absolute atomic E-state index is 0.0932. The zero-order valence-corrected chi connectivity index (χ0v) is 10.1. The summed E-state index contributed by atoms with van der Waals surface area (Å²) in [4.78, 5) is 2.59. The van der Waals surface area contributed by atoms with E-state index in [9.17, 15) is 4.39 Å². The summed E-state index contributed by atoms with van der Waals surface area (Å²) in [5.74, 6) is -0.0932. The Labute approximate surface area is 102 Å². The minimum atomic E-state index is -0.0932. The van der Waals surface area contributed by atoms with E-state index in [4.69, 9.17) is 0 Å². The number of nitrogens with zero attached hydrogens (tertiary/aromatic N) is 1. The number of aryl methyl sites for hydroxylation is 1. The van der Waals surface area contributed by atoms with Crippen molar-refractivity contribution in [2.45, 2.75) is 25.3 Å². The Morgan fingerprint density at radius 3 is 2.82 bits per heavy atom. The van der Waals surface area contributed by atoms with Gasteiger partial charge in [0.05, 0.1) is 0 Å². The molecule has 1 atom stereocenters. The molecule has 1 aliphatic carbocycles. The van der Waals surface area contributed by atoms with Crippen LogP contribution in [0.25, 0.3) is 0 Å². The van der Waals surface area contributed by atoms with Gasteiger partial charge in [-0.3, -0.25) is 4.90 Å². The van der Waals surface area contributed by atoms with Crippen molar-refractivity contribution in [1.82, 2.24) is 10.2 Å². The molecule has 1 heterocycles. The van der Waals surface area contributed by atoms with Crippen molar-refractivity contribution in [2.24, 2.45) is 0 Å². The number of fused-ring (bicyclic) bond motifs is 1. The highest BCUT2D eigenvalue weighted by Gasteiger charge is 2.25. The molecule has 1 fully saturated rings. The van der Waals surface area contributed by atoms with Gasteiger partial charge >= 0.3 is 0 Å². The third-order valence-corrected chi connectivity index (χ3v) is 4.04. The average Bonchev–Trinajstić information content (AvgIpc) is 2.39. The van der Waals surface area contributed by atoms with Crippen LogP contribution in [0.15, 0.2) is 18.2 Å². The summed E-state index contributed by atoms with van der Waals surface area (Å²) < 4.78 is 13.1. The first-order valence-corrected chi connectivity index (χ1v) is 6.55. The van der Waals surface area contributed by atoms with Crippen LogP contribution >= 0.6 is 0 Å². The Bertz CT molecular complexity index is 399. The zero-order chi connectivity index (χ0) is 11.7. The number of hydrogen-bond donors (Lipinski definition) is 1. The molecule has 3 heteroatoms. The van der Waals surface area contributed by atoms with Gasteiger partial charge in [-0.1, -0.05) is 6.07 Å². The topological polar surface area (TPSA) is 15.3 Å². The summed E-state index contributed by atoms with van der Waals surface area (Å²) in [7, 11) is 0. The van der Waals surface area contributed by atoms with Gasteiger partial charge in [0.2, 0.25) is 0 Å². The van der Waals surface area contributed by atoms with Crippen LogP contribution in [0.3, 0.4) is 0 Å². The van der Waals surface area contributed by atoms with Gasteiger partial charge in [-0.05, 0) is 42.5 Å². The van der Waals surface area contributed by atoms with Crippen LogP contribution in [0, 0.1) is 5.82 Å². The Kier molecular flexibility index (Phi) is 3.12. The lowest BCUT2D eigenvalue weighted by atomic mass is 9.87. The van der Waals surface area contributed by atoms with Crippen molar-refractivity contribution in [3.63, 3.8) is 0 Å². The van der Waals surface area contributed by atoms with Crippen LogP contribution in [0.4, 0.5) is 4.39 Å². The normalized spacial score (nSPS) is 25.6. The maximum Gasteiger partial charge on any atom is 0.123 e. The van der Waals surface area contributed by atoms with Crippen molar-refractivity contribution < 1.29 is 4.39 Å². The summed E-state index contributed by atoms with van der Waals surface area (Å²) in [6.07, 6.45) is 3.30. The van der Waals surface area contributed by atoms with Gasteiger partial charge in [0, 0.05) is 32.2 Å². The standard InChI is InChI=1S/C14H19FN2/c15-13-3-1-12-10-14(4-2-11(12)9-13)17-7-5-16-6-8-17/h1,3,9,14,16H,2,4-8,10H2. The highest BCUT2D eigenvalue weighted by Crippen LogP contribution is 2.25. The van der Waals surface area contributed by atoms with E-state index in [1.54, 1.807) is 12.1 Å². The van der Waals surface area contributed by atoms with Crippen molar-refractivity contribution in [2.75, 3.05) is 26.2 Å². The molecule has 1 unspecified atom stereocenters. The molecular weight excluding hydrogens is 215 g/mol. The monoisotopic (exact) mass is 234 g/mol. The fourth-order valence-electron chi connectivity index (χ4n) is 3.06. The van der Waals surface area contributed by atoms with Gasteiger partial charge in [0.1, 0.15) is 5.82 Å². The van der Waals surface area contributed by atoms with Crippen molar-refractivity contribution >= 4 is 0 Å². The second-order valence-electron chi connectivity index (χ2n) is 5.10. The van der Waals surface area contributed by atoms with E-state index in [0.29, 0.717) is 6.04 Å². The first kappa shape index (κ1) is 11.2. The Morgan fingerprint density at radius 1 is 1.18 bits per heavy atom. The average molecular weight is 234 g/mol. The Hall–Kier alpha value is -0.930. The van der Waals surface area contributed by atoms with Crippen LogP contribution in [-0.4, -0.2) is 37.1 Å². The van der Waals surface area contributed by atoms with E-state index in [1.807, 2.05) is 6.07 Å². The maximum atomic E-state index is 13.1. The maximum absolute atomic E-state index is 13.1. The van der Waals surface area contributed by atoms with E-state index in [-0.39, 0.29) is 5.82 Å². The molecule has 92 valence electrons. The SMILES string of the molecule is Fc1ccc2c(c1)CCC(N1CCNCC1)C2. The first-order valence-electron chi connectivity index (χ1n) is 6.55. The number of rotatable bonds is 1. The lowest BCUT2D eigenvalue weighted by Crippen LogP contribution is -2.50. The van der Waals surface area contributed by atoms with Crippen molar-refractivity contribution in [3.05, 3.63) is 35.1 Å². The lowest BCUT2D eigenvalue weighted by Gasteiger charge is -2.37. The summed E-state index contributed by atoms with van der Waals surface area (Å²) in [6.45, 7) is 4.52. The summed E-state index contributed by atoms with van der Waals surface area (Å²) >= 11 is 0. The third kappa shape index (κ3) is 2.35. The zero-order valence-electron chi connectivity index (χ0n) is 10.1. The van der Waals surface area contributed by atoms with Crippen LogP contribution < -0.4 is 5.32 Å². The van der Waals surface area contributed by atoms with Gasteiger partial charge in [0.15, 0.2) is 0 Å². The molecule has 3 rings (SSSR count). The van der Waals surface area contributed by atoms with Gasteiger partial charge in [-0.25, -0.2) is 4.39 Å². The highest BCUT2D eigenvalue weighted by atomic mass is 19.1. The number of benzene rings is 1. The molecule has 0 bridgehead atoms. The second kappa shape index (κ2) is 4.75. The predicted molar refractivity (Wildman–Crippen MR) is 66.7 cm³/mol. The van der Waals surface area contributed by atoms with Gasteiger partial charge in [-0.15, -0.1) is 0 Å². The second-order valence-corrected chi connectivity index (χ2v) is 5.10. The molecule has 1 saturated heterocycles. The fraction of sp³-hybridized carbons (Fsp3) is 0.571. The molecule has 0 amide bonds. The van der Waals surface area contributed by atoms with Crippen molar-refractivity contribution in [3.8, 4) is 0 Å². The van der Waals surface area contributed by atoms with E-state index < -0.39 is 0 Å². The summed E-state index contributed by atoms with van der Waals surface area (Å²) in [5, 5.41) is 3.39. The number of halogens is 1. The third-order valence-electron chi connectivity index (χ3n) is 4.04. The van der Waals surface area contributed by atoms with Gasteiger partial charge < -0.3 is 5.32 Å². The first-order chi connectivity index (χ1) is 8.33. The van der Waals surface area contributed by atoms with E-state index >= 15 is 0 Å². The molecule has 1 aliphatic heterocycles. The van der Waals surface area contributed by atoms with E-state index in [0.717, 1.165) is 39.0 Å².